The van der Waals surface area contributed by atoms with Gasteiger partial charge in [0.1, 0.15) is 5.82 Å². The number of hydrogen-bond donors (Lipinski definition) is 2. The predicted molar refractivity (Wildman–Crippen MR) is 73.1 cm³/mol. The van der Waals surface area contributed by atoms with Crippen molar-refractivity contribution in [3.63, 3.8) is 0 Å². The van der Waals surface area contributed by atoms with Crippen LogP contribution in [0.25, 0.3) is 0 Å². The number of pyridine rings is 1. The SMILES string of the molecule is CCC(NC(=O)c1cnc(C)cc1Cl)c1ncc[nH]1. The highest BCUT2D eigenvalue weighted by molar-refractivity contribution is 6.33. The number of carbonyl (C=O) groups excluding carboxylic acids is 1. The molecule has 0 bridgehead atoms. The normalized spacial score (nSPS) is 12.2. The fourth-order valence-corrected chi connectivity index (χ4v) is 2.05. The molecule has 100 valence electrons. The smallest absolute Gasteiger partial charge is 0.254 e. The van der Waals surface area contributed by atoms with Crippen molar-refractivity contribution in [1.82, 2.24) is 20.3 Å². The van der Waals surface area contributed by atoms with Gasteiger partial charge in [0, 0.05) is 24.3 Å². The van der Waals surface area contributed by atoms with E-state index in [0.717, 1.165) is 17.9 Å². The molecule has 2 aromatic rings. The van der Waals surface area contributed by atoms with Gasteiger partial charge in [0.05, 0.1) is 16.6 Å². The van der Waals surface area contributed by atoms with Gasteiger partial charge < -0.3 is 10.3 Å². The summed E-state index contributed by atoms with van der Waals surface area (Å²) in [7, 11) is 0. The number of H-pyrrole nitrogens is 1. The molecule has 5 nitrogen and oxygen atoms in total. The Morgan fingerprint density at radius 2 is 2.32 bits per heavy atom. The van der Waals surface area contributed by atoms with Crippen molar-refractivity contribution in [1.29, 1.82) is 0 Å². The van der Waals surface area contributed by atoms with Crippen molar-refractivity contribution in [2.75, 3.05) is 0 Å². The number of amides is 1. The zero-order chi connectivity index (χ0) is 13.8. The molecule has 2 aromatic heterocycles. The minimum absolute atomic E-state index is 0.167. The fourth-order valence-electron chi connectivity index (χ4n) is 1.76. The van der Waals surface area contributed by atoms with E-state index in [1.165, 1.54) is 6.20 Å². The molecular weight excluding hydrogens is 264 g/mol. The second kappa shape index (κ2) is 5.84. The molecule has 0 fully saturated rings. The van der Waals surface area contributed by atoms with Crippen LogP contribution < -0.4 is 5.32 Å². The number of aromatic nitrogens is 3. The molecule has 0 spiro atoms. The third-order valence-corrected chi connectivity index (χ3v) is 3.11. The first-order valence-corrected chi connectivity index (χ1v) is 6.42. The molecule has 6 heteroatoms. The van der Waals surface area contributed by atoms with E-state index in [2.05, 4.69) is 20.3 Å². The number of aryl methyl sites for hydroxylation is 1. The van der Waals surface area contributed by atoms with Gasteiger partial charge in [0.2, 0.25) is 0 Å². The number of nitrogens with one attached hydrogen (secondary N) is 2. The van der Waals surface area contributed by atoms with Crippen LogP contribution in [0.5, 0.6) is 0 Å². The Labute approximate surface area is 116 Å². The molecule has 0 saturated heterocycles. The zero-order valence-corrected chi connectivity index (χ0v) is 11.5. The molecule has 2 N–H and O–H groups in total. The lowest BCUT2D eigenvalue weighted by Gasteiger charge is -2.15. The Balaban J connectivity index is 2.16. The maximum absolute atomic E-state index is 12.2. The van der Waals surface area contributed by atoms with E-state index in [-0.39, 0.29) is 11.9 Å². The van der Waals surface area contributed by atoms with Crippen LogP contribution in [0.2, 0.25) is 5.02 Å². The van der Waals surface area contributed by atoms with Crippen LogP contribution >= 0.6 is 11.6 Å². The zero-order valence-electron chi connectivity index (χ0n) is 10.8. The van der Waals surface area contributed by atoms with E-state index in [0.29, 0.717) is 10.6 Å². The van der Waals surface area contributed by atoms with Gasteiger partial charge in [-0.3, -0.25) is 9.78 Å². The molecule has 0 aliphatic rings. The summed E-state index contributed by atoms with van der Waals surface area (Å²) in [5.41, 5.74) is 1.15. The second-order valence-corrected chi connectivity index (χ2v) is 4.62. The van der Waals surface area contributed by atoms with Gasteiger partial charge in [-0.15, -0.1) is 0 Å². The third kappa shape index (κ3) is 3.12. The number of halogens is 1. The molecule has 0 radical (unpaired) electrons. The topological polar surface area (TPSA) is 70.7 Å². The summed E-state index contributed by atoms with van der Waals surface area (Å²) in [6.07, 6.45) is 5.60. The molecule has 0 aliphatic carbocycles. The molecule has 0 aromatic carbocycles. The molecule has 0 saturated carbocycles. The van der Waals surface area contributed by atoms with E-state index in [1.54, 1.807) is 18.5 Å². The van der Waals surface area contributed by atoms with Gasteiger partial charge >= 0.3 is 0 Å². The van der Waals surface area contributed by atoms with Crippen molar-refractivity contribution in [3.05, 3.63) is 46.8 Å². The Kier molecular flexibility index (Phi) is 4.16. The Morgan fingerprint density at radius 1 is 1.53 bits per heavy atom. The lowest BCUT2D eigenvalue weighted by molar-refractivity contribution is 0.0933. The van der Waals surface area contributed by atoms with Crippen LogP contribution in [0.15, 0.2) is 24.7 Å². The molecule has 2 heterocycles. The second-order valence-electron chi connectivity index (χ2n) is 4.21. The summed E-state index contributed by atoms with van der Waals surface area (Å²) in [5, 5.41) is 3.29. The van der Waals surface area contributed by atoms with E-state index >= 15 is 0 Å². The van der Waals surface area contributed by atoms with E-state index in [9.17, 15) is 4.79 Å². The molecule has 1 atom stereocenters. The van der Waals surface area contributed by atoms with Gasteiger partial charge in [-0.2, -0.15) is 0 Å². The number of imidazole rings is 1. The first-order chi connectivity index (χ1) is 9.11. The average Bonchev–Trinajstić information content (AvgIpc) is 2.89. The van der Waals surface area contributed by atoms with E-state index in [1.807, 2.05) is 13.8 Å². The van der Waals surface area contributed by atoms with Crippen LogP contribution in [0.1, 0.15) is 41.3 Å². The highest BCUT2D eigenvalue weighted by Gasteiger charge is 2.18. The number of carbonyl (C=O) groups is 1. The van der Waals surface area contributed by atoms with Gasteiger partial charge in [-0.25, -0.2) is 4.98 Å². The average molecular weight is 279 g/mol. The van der Waals surface area contributed by atoms with E-state index < -0.39 is 0 Å². The molecule has 2 rings (SSSR count). The lowest BCUT2D eigenvalue weighted by Crippen LogP contribution is -2.29. The minimum Gasteiger partial charge on any atom is -0.347 e. The predicted octanol–water partition coefficient (Wildman–Crippen LogP) is 2.65. The summed E-state index contributed by atoms with van der Waals surface area (Å²) < 4.78 is 0. The van der Waals surface area contributed by atoms with Crippen LogP contribution in [0, 0.1) is 6.92 Å². The van der Waals surface area contributed by atoms with Gasteiger partial charge in [0.15, 0.2) is 0 Å². The van der Waals surface area contributed by atoms with Crippen LogP contribution in [-0.4, -0.2) is 20.9 Å². The van der Waals surface area contributed by atoms with E-state index in [4.69, 9.17) is 11.6 Å². The van der Waals surface area contributed by atoms with Crippen molar-refractivity contribution in [2.24, 2.45) is 0 Å². The molecule has 19 heavy (non-hydrogen) atoms. The maximum Gasteiger partial charge on any atom is 0.254 e. The standard InChI is InChI=1S/C13H15ClN4O/c1-3-11(12-15-4-5-16-12)18-13(19)9-7-17-8(2)6-10(9)14/h4-7,11H,3H2,1-2H3,(H,15,16)(H,18,19). The monoisotopic (exact) mass is 278 g/mol. The maximum atomic E-state index is 12.2. The van der Waals surface area contributed by atoms with Crippen molar-refractivity contribution in [2.45, 2.75) is 26.3 Å². The van der Waals surface area contributed by atoms with Gasteiger partial charge in [0.25, 0.3) is 5.91 Å². The first kappa shape index (κ1) is 13.5. The molecule has 1 unspecified atom stereocenters. The lowest BCUT2D eigenvalue weighted by atomic mass is 10.2. The quantitative estimate of drug-likeness (QED) is 0.903. The van der Waals surface area contributed by atoms with Gasteiger partial charge in [-0.1, -0.05) is 18.5 Å². The Hall–Kier alpha value is -1.88. The molecule has 1 amide bonds. The highest BCUT2D eigenvalue weighted by atomic mass is 35.5. The molecule has 0 aliphatic heterocycles. The summed E-state index contributed by atoms with van der Waals surface area (Å²) in [6.45, 7) is 3.80. The van der Waals surface area contributed by atoms with Crippen molar-refractivity contribution >= 4 is 17.5 Å². The number of hydrogen-bond acceptors (Lipinski definition) is 3. The summed E-state index contributed by atoms with van der Waals surface area (Å²) in [6, 6.07) is 1.50. The first-order valence-electron chi connectivity index (χ1n) is 6.04. The number of rotatable bonds is 4. The fraction of sp³-hybridized carbons (Fsp3) is 0.308. The van der Waals surface area contributed by atoms with Gasteiger partial charge in [-0.05, 0) is 19.4 Å². The summed E-state index contributed by atoms with van der Waals surface area (Å²) >= 11 is 6.05. The van der Waals surface area contributed by atoms with Crippen LogP contribution in [0.4, 0.5) is 0 Å². The Morgan fingerprint density at radius 3 is 2.89 bits per heavy atom. The van der Waals surface area contributed by atoms with Crippen LogP contribution in [0.3, 0.4) is 0 Å². The summed E-state index contributed by atoms with van der Waals surface area (Å²) in [5.74, 6) is 0.479. The number of aromatic amines is 1. The number of nitrogens with zero attached hydrogens (tertiary/aromatic N) is 2. The largest absolute Gasteiger partial charge is 0.347 e. The summed E-state index contributed by atoms with van der Waals surface area (Å²) in [4.78, 5) is 23.4. The third-order valence-electron chi connectivity index (χ3n) is 2.80. The highest BCUT2D eigenvalue weighted by Crippen LogP contribution is 2.18. The molecular formula is C13H15ClN4O. The van der Waals surface area contributed by atoms with Crippen molar-refractivity contribution in [3.8, 4) is 0 Å². The Bertz CT molecular complexity index is 568. The minimum atomic E-state index is -0.249. The van der Waals surface area contributed by atoms with Crippen molar-refractivity contribution < 1.29 is 4.79 Å². The van der Waals surface area contributed by atoms with Crippen LogP contribution in [-0.2, 0) is 0 Å².